The fourth-order valence-electron chi connectivity index (χ4n) is 4.48. The maximum absolute atomic E-state index is 10.7. The van der Waals surface area contributed by atoms with Crippen molar-refractivity contribution < 1.29 is 14.6 Å². The number of aliphatic hydroxyl groups excluding tert-OH is 1. The number of benzene rings is 2. The first-order chi connectivity index (χ1) is 12.8. The first-order valence-corrected chi connectivity index (χ1v) is 9.45. The Morgan fingerprint density at radius 1 is 0.885 bits per heavy atom. The van der Waals surface area contributed by atoms with Crippen molar-refractivity contribution >= 4 is 5.69 Å². The van der Waals surface area contributed by atoms with Crippen LogP contribution in [0.15, 0.2) is 42.5 Å². The second kappa shape index (κ2) is 6.49. The highest BCUT2D eigenvalue weighted by Crippen LogP contribution is 2.40. The Morgan fingerprint density at radius 3 is 2.54 bits per heavy atom. The molecule has 1 saturated heterocycles. The lowest BCUT2D eigenvalue weighted by Gasteiger charge is -2.40. The third kappa shape index (κ3) is 2.63. The Balaban J connectivity index is 1.29. The van der Waals surface area contributed by atoms with Crippen molar-refractivity contribution in [1.82, 2.24) is 4.90 Å². The average Bonchev–Trinajstić information content (AvgIpc) is 3.05. The molecule has 26 heavy (non-hydrogen) atoms. The predicted octanol–water partition coefficient (Wildman–Crippen LogP) is 2.24. The van der Waals surface area contributed by atoms with E-state index in [1.54, 1.807) is 0 Å². The number of nitrogens with zero attached hydrogens (tertiary/aromatic N) is 2. The minimum absolute atomic E-state index is 0.193. The Labute approximate surface area is 153 Å². The molecule has 1 N–H and O–H groups in total. The van der Waals surface area contributed by atoms with E-state index in [1.807, 2.05) is 18.2 Å². The highest BCUT2D eigenvalue weighted by molar-refractivity contribution is 5.65. The lowest BCUT2D eigenvalue weighted by Crippen LogP contribution is -2.51. The van der Waals surface area contributed by atoms with E-state index in [0.717, 1.165) is 55.3 Å². The van der Waals surface area contributed by atoms with Crippen molar-refractivity contribution in [3.63, 3.8) is 0 Å². The van der Waals surface area contributed by atoms with Crippen LogP contribution in [0.1, 0.15) is 17.2 Å². The third-order valence-electron chi connectivity index (χ3n) is 5.84. The predicted molar refractivity (Wildman–Crippen MR) is 100 cm³/mol. The van der Waals surface area contributed by atoms with Crippen molar-refractivity contribution in [2.75, 3.05) is 44.3 Å². The summed E-state index contributed by atoms with van der Waals surface area (Å²) in [5.41, 5.74) is 3.51. The summed E-state index contributed by atoms with van der Waals surface area (Å²) in [6.45, 7) is 4.97. The van der Waals surface area contributed by atoms with Crippen molar-refractivity contribution in [3.05, 3.63) is 53.6 Å². The van der Waals surface area contributed by atoms with Crippen LogP contribution in [0.4, 0.5) is 5.69 Å². The number of rotatable bonds is 2. The van der Waals surface area contributed by atoms with E-state index in [1.165, 1.54) is 5.56 Å². The van der Waals surface area contributed by atoms with E-state index in [4.69, 9.17) is 9.47 Å². The molecule has 1 aliphatic carbocycles. The second-order valence-electron chi connectivity index (χ2n) is 7.24. The molecule has 0 unspecified atom stereocenters. The Morgan fingerprint density at radius 2 is 1.69 bits per heavy atom. The summed E-state index contributed by atoms with van der Waals surface area (Å²) >= 11 is 0. The van der Waals surface area contributed by atoms with Crippen LogP contribution in [-0.2, 0) is 6.42 Å². The summed E-state index contributed by atoms with van der Waals surface area (Å²) in [5, 5.41) is 10.7. The zero-order valence-corrected chi connectivity index (χ0v) is 14.8. The molecule has 0 spiro atoms. The number of ether oxygens (including phenoxy) is 2. The summed E-state index contributed by atoms with van der Waals surface area (Å²) in [6.07, 6.45) is 0.564. The topological polar surface area (TPSA) is 45.2 Å². The molecule has 0 aromatic heterocycles. The van der Waals surface area contributed by atoms with Gasteiger partial charge in [-0.15, -0.1) is 0 Å². The molecule has 3 aliphatic rings. The standard InChI is InChI=1S/C21H24N2O3/c24-20-16-5-2-1-4-15(16)14-18(20)23-10-8-22(9-11-23)17-6-3-7-19-21(17)26-13-12-25-19/h1-7,18,20,24H,8-14H2/t18-,20+/m0/s1. The third-order valence-corrected chi connectivity index (χ3v) is 5.84. The molecule has 136 valence electrons. The highest BCUT2D eigenvalue weighted by atomic mass is 16.6. The van der Waals surface area contributed by atoms with Gasteiger partial charge in [-0.25, -0.2) is 0 Å². The smallest absolute Gasteiger partial charge is 0.184 e. The number of aliphatic hydroxyl groups is 1. The summed E-state index contributed by atoms with van der Waals surface area (Å²) in [6, 6.07) is 14.6. The van der Waals surface area contributed by atoms with Crippen LogP contribution >= 0.6 is 0 Å². The molecule has 0 amide bonds. The maximum atomic E-state index is 10.7. The van der Waals surface area contributed by atoms with Crippen LogP contribution in [0.25, 0.3) is 0 Å². The Hall–Kier alpha value is -2.24. The molecule has 5 heteroatoms. The molecule has 1 fully saturated rings. The van der Waals surface area contributed by atoms with E-state index in [9.17, 15) is 5.11 Å². The summed E-state index contributed by atoms with van der Waals surface area (Å²) < 4.78 is 11.6. The number of fused-ring (bicyclic) bond motifs is 2. The highest BCUT2D eigenvalue weighted by Gasteiger charge is 2.36. The second-order valence-corrected chi connectivity index (χ2v) is 7.24. The van der Waals surface area contributed by atoms with Gasteiger partial charge in [-0.1, -0.05) is 30.3 Å². The minimum atomic E-state index is -0.376. The number of anilines is 1. The zero-order valence-electron chi connectivity index (χ0n) is 14.8. The van der Waals surface area contributed by atoms with Gasteiger partial charge in [0.05, 0.1) is 11.8 Å². The van der Waals surface area contributed by atoms with Gasteiger partial charge in [-0.3, -0.25) is 4.90 Å². The molecular formula is C21H24N2O3. The van der Waals surface area contributed by atoms with Crippen LogP contribution in [0.3, 0.4) is 0 Å². The Kier molecular flexibility index (Phi) is 3.98. The quantitative estimate of drug-likeness (QED) is 0.898. The average molecular weight is 352 g/mol. The summed E-state index contributed by atoms with van der Waals surface area (Å²) in [4.78, 5) is 4.81. The van der Waals surface area contributed by atoms with E-state index in [-0.39, 0.29) is 12.1 Å². The van der Waals surface area contributed by atoms with Gasteiger partial charge >= 0.3 is 0 Å². The molecule has 2 heterocycles. The van der Waals surface area contributed by atoms with Gasteiger partial charge in [0.25, 0.3) is 0 Å². The molecule has 2 aliphatic heterocycles. The largest absolute Gasteiger partial charge is 0.486 e. The molecule has 5 rings (SSSR count). The first-order valence-electron chi connectivity index (χ1n) is 9.45. The molecule has 0 saturated carbocycles. The van der Waals surface area contributed by atoms with Crippen molar-refractivity contribution in [1.29, 1.82) is 0 Å². The van der Waals surface area contributed by atoms with Crippen molar-refractivity contribution in [2.24, 2.45) is 0 Å². The van der Waals surface area contributed by atoms with Gasteiger partial charge in [0, 0.05) is 32.2 Å². The Bertz CT molecular complexity index is 802. The SMILES string of the molecule is O[C@@H]1c2ccccc2C[C@@H]1N1CCN(c2cccc3c2OCCO3)CC1. The normalized spacial score (nSPS) is 25.2. The summed E-state index contributed by atoms with van der Waals surface area (Å²) in [5.74, 6) is 1.72. The molecule has 0 bridgehead atoms. The van der Waals surface area contributed by atoms with Crippen LogP contribution < -0.4 is 14.4 Å². The molecule has 0 radical (unpaired) electrons. The number of piperazine rings is 1. The van der Waals surface area contributed by atoms with E-state index < -0.39 is 0 Å². The van der Waals surface area contributed by atoms with Crippen molar-refractivity contribution in [3.8, 4) is 11.5 Å². The van der Waals surface area contributed by atoms with Crippen LogP contribution in [0.2, 0.25) is 0 Å². The van der Waals surface area contributed by atoms with Crippen LogP contribution in [0, 0.1) is 0 Å². The molecule has 2 aromatic carbocycles. The fourth-order valence-corrected chi connectivity index (χ4v) is 4.48. The lowest BCUT2D eigenvalue weighted by molar-refractivity contribution is 0.0571. The minimum Gasteiger partial charge on any atom is -0.486 e. The van der Waals surface area contributed by atoms with Gasteiger partial charge in [-0.05, 0) is 29.7 Å². The number of para-hydroxylation sites is 1. The summed E-state index contributed by atoms with van der Waals surface area (Å²) in [7, 11) is 0. The first kappa shape index (κ1) is 16.0. The van der Waals surface area contributed by atoms with Crippen LogP contribution in [-0.4, -0.2) is 55.4 Å². The van der Waals surface area contributed by atoms with E-state index >= 15 is 0 Å². The molecular weight excluding hydrogens is 328 g/mol. The maximum Gasteiger partial charge on any atom is 0.184 e. The van der Waals surface area contributed by atoms with E-state index in [0.29, 0.717) is 13.2 Å². The van der Waals surface area contributed by atoms with Gasteiger partial charge in [0.2, 0.25) is 0 Å². The fraction of sp³-hybridized carbons (Fsp3) is 0.429. The van der Waals surface area contributed by atoms with E-state index in [2.05, 4.69) is 34.1 Å². The van der Waals surface area contributed by atoms with Gasteiger partial charge in [0.1, 0.15) is 13.2 Å². The van der Waals surface area contributed by atoms with Crippen LogP contribution in [0.5, 0.6) is 11.5 Å². The molecule has 2 atom stereocenters. The van der Waals surface area contributed by atoms with Crippen molar-refractivity contribution in [2.45, 2.75) is 18.6 Å². The molecule has 2 aromatic rings. The van der Waals surface area contributed by atoms with Gasteiger partial charge in [0.15, 0.2) is 11.5 Å². The van der Waals surface area contributed by atoms with Gasteiger partial charge < -0.3 is 19.5 Å². The monoisotopic (exact) mass is 352 g/mol. The zero-order chi connectivity index (χ0) is 17.5. The number of hydrogen-bond donors (Lipinski definition) is 1. The molecule has 5 nitrogen and oxygen atoms in total. The number of hydrogen-bond acceptors (Lipinski definition) is 5. The lowest BCUT2D eigenvalue weighted by atomic mass is 10.1. The van der Waals surface area contributed by atoms with Gasteiger partial charge in [-0.2, -0.15) is 0 Å².